The van der Waals surface area contributed by atoms with Gasteiger partial charge in [-0.1, -0.05) is 12.1 Å². The summed E-state index contributed by atoms with van der Waals surface area (Å²) in [5.41, 5.74) is 1.10. The second-order valence-corrected chi connectivity index (χ2v) is 4.34. The monoisotopic (exact) mass is 256 g/mol. The molecule has 2 aromatic rings. The fraction of sp³-hybridized carbons (Fsp3) is 0.267. The maximum Gasteiger partial charge on any atom is 0.168 e. The lowest BCUT2D eigenvalue weighted by Crippen LogP contribution is -2.24. The molecule has 0 saturated carbocycles. The molecule has 0 radical (unpaired) electrons. The van der Waals surface area contributed by atoms with Crippen molar-refractivity contribution in [1.29, 1.82) is 0 Å². The van der Waals surface area contributed by atoms with Crippen LogP contribution in [0.2, 0.25) is 0 Å². The van der Waals surface area contributed by atoms with Gasteiger partial charge in [0.25, 0.3) is 0 Å². The van der Waals surface area contributed by atoms with Gasteiger partial charge in [-0.05, 0) is 36.8 Å². The van der Waals surface area contributed by atoms with E-state index >= 15 is 0 Å². The molecule has 2 heterocycles. The van der Waals surface area contributed by atoms with E-state index in [1.807, 2.05) is 37.3 Å². The predicted molar refractivity (Wildman–Crippen MR) is 73.7 cm³/mol. The van der Waals surface area contributed by atoms with Crippen molar-refractivity contribution in [1.82, 2.24) is 4.98 Å². The van der Waals surface area contributed by atoms with Crippen LogP contribution in [0.25, 0.3) is 0 Å². The van der Waals surface area contributed by atoms with E-state index in [9.17, 15) is 0 Å². The molecule has 1 aliphatic rings. The summed E-state index contributed by atoms with van der Waals surface area (Å²) in [6.45, 7) is 3.35. The van der Waals surface area contributed by atoms with Crippen molar-refractivity contribution >= 4 is 5.82 Å². The van der Waals surface area contributed by atoms with Crippen molar-refractivity contribution in [2.75, 3.05) is 18.5 Å². The molecule has 3 rings (SSSR count). The fourth-order valence-electron chi connectivity index (χ4n) is 2.16. The van der Waals surface area contributed by atoms with E-state index in [0.717, 1.165) is 22.9 Å². The molecule has 1 N–H and O–H groups in total. The third-order valence-electron chi connectivity index (χ3n) is 3.04. The van der Waals surface area contributed by atoms with Gasteiger partial charge in [-0.2, -0.15) is 0 Å². The number of benzene rings is 1. The molecule has 0 fully saturated rings. The standard InChI is InChI=1S/C15H16N2O2/c1-2-18-12-6-3-5-11(9-12)14-10-17-15-13(19-14)7-4-8-16-15/h3-9,14H,2,10H2,1H3,(H,16,17). The highest BCUT2D eigenvalue weighted by Gasteiger charge is 2.21. The number of rotatable bonds is 3. The minimum absolute atomic E-state index is 0.0166. The first-order valence-electron chi connectivity index (χ1n) is 6.45. The summed E-state index contributed by atoms with van der Waals surface area (Å²) in [5.74, 6) is 2.47. The average Bonchev–Trinajstić information content (AvgIpc) is 2.47. The third-order valence-corrected chi connectivity index (χ3v) is 3.04. The Bertz CT molecular complexity index is 572. The molecule has 1 aromatic carbocycles. The molecule has 98 valence electrons. The van der Waals surface area contributed by atoms with Crippen LogP contribution in [-0.4, -0.2) is 18.1 Å². The highest BCUT2D eigenvalue weighted by molar-refractivity contribution is 5.52. The first kappa shape index (κ1) is 11.8. The van der Waals surface area contributed by atoms with Crippen molar-refractivity contribution in [2.45, 2.75) is 13.0 Å². The van der Waals surface area contributed by atoms with Crippen LogP contribution < -0.4 is 14.8 Å². The molecule has 0 spiro atoms. The lowest BCUT2D eigenvalue weighted by molar-refractivity contribution is 0.208. The summed E-state index contributed by atoms with van der Waals surface area (Å²) in [5, 5.41) is 3.29. The molecule has 1 atom stereocenters. The summed E-state index contributed by atoms with van der Waals surface area (Å²) in [7, 11) is 0. The number of fused-ring (bicyclic) bond motifs is 1. The second kappa shape index (κ2) is 5.18. The van der Waals surface area contributed by atoms with Crippen LogP contribution in [0.5, 0.6) is 11.5 Å². The van der Waals surface area contributed by atoms with Crippen molar-refractivity contribution in [3.05, 3.63) is 48.2 Å². The van der Waals surface area contributed by atoms with Gasteiger partial charge in [0.2, 0.25) is 0 Å². The Morgan fingerprint density at radius 1 is 1.37 bits per heavy atom. The lowest BCUT2D eigenvalue weighted by Gasteiger charge is -2.26. The summed E-state index contributed by atoms with van der Waals surface area (Å²) in [6.07, 6.45) is 1.74. The zero-order chi connectivity index (χ0) is 13.1. The quantitative estimate of drug-likeness (QED) is 0.916. The SMILES string of the molecule is CCOc1cccc(C2CNc3ncccc3O2)c1. The first-order valence-corrected chi connectivity index (χ1v) is 6.45. The molecule has 1 aromatic heterocycles. The Morgan fingerprint density at radius 3 is 3.21 bits per heavy atom. The molecule has 0 amide bonds. The number of anilines is 1. The van der Waals surface area contributed by atoms with Gasteiger partial charge in [0, 0.05) is 6.20 Å². The van der Waals surface area contributed by atoms with Crippen LogP contribution in [0.3, 0.4) is 0 Å². The van der Waals surface area contributed by atoms with Crippen molar-refractivity contribution in [2.24, 2.45) is 0 Å². The van der Waals surface area contributed by atoms with Crippen molar-refractivity contribution < 1.29 is 9.47 Å². The van der Waals surface area contributed by atoms with Gasteiger partial charge in [0.15, 0.2) is 11.6 Å². The number of nitrogens with one attached hydrogen (secondary N) is 1. The minimum atomic E-state index is -0.0166. The topological polar surface area (TPSA) is 43.4 Å². The third kappa shape index (κ3) is 2.47. The summed E-state index contributed by atoms with van der Waals surface area (Å²) < 4.78 is 11.5. The fourth-order valence-corrected chi connectivity index (χ4v) is 2.16. The smallest absolute Gasteiger partial charge is 0.168 e. The number of nitrogens with zero attached hydrogens (tertiary/aromatic N) is 1. The molecular weight excluding hydrogens is 240 g/mol. The molecular formula is C15H16N2O2. The summed E-state index contributed by atoms with van der Waals surface area (Å²) in [6, 6.07) is 11.8. The van der Waals surface area contributed by atoms with Crippen LogP contribution >= 0.6 is 0 Å². The Hall–Kier alpha value is -2.23. The van der Waals surface area contributed by atoms with Crippen LogP contribution in [0.4, 0.5) is 5.82 Å². The minimum Gasteiger partial charge on any atom is -0.494 e. The first-order chi connectivity index (χ1) is 9.36. The van der Waals surface area contributed by atoms with Crippen LogP contribution in [-0.2, 0) is 0 Å². The molecule has 19 heavy (non-hydrogen) atoms. The zero-order valence-corrected chi connectivity index (χ0v) is 10.8. The van der Waals surface area contributed by atoms with Gasteiger partial charge in [-0.25, -0.2) is 4.98 Å². The number of pyridine rings is 1. The van der Waals surface area contributed by atoms with Crippen LogP contribution in [0, 0.1) is 0 Å². The summed E-state index contributed by atoms with van der Waals surface area (Å²) in [4.78, 5) is 4.23. The highest BCUT2D eigenvalue weighted by atomic mass is 16.5. The van der Waals surface area contributed by atoms with Gasteiger partial charge in [-0.15, -0.1) is 0 Å². The lowest BCUT2D eigenvalue weighted by atomic mass is 10.1. The van der Waals surface area contributed by atoms with E-state index in [0.29, 0.717) is 13.2 Å². The normalized spacial score (nSPS) is 17.0. The summed E-state index contributed by atoms with van der Waals surface area (Å²) >= 11 is 0. The Labute approximate surface area is 112 Å². The van der Waals surface area contributed by atoms with E-state index in [1.54, 1.807) is 6.20 Å². The maximum atomic E-state index is 5.97. The maximum absolute atomic E-state index is 5.97. The number of aromatic nitrogens is 1. The second-order valence-electron chi connectivity index (χ2n) is 4.34. The molecule has 1 unspecified atom stereocenters. The molecule has 0 bridgehead atoms. The Morgan fingerprint density at radius 2 is 2.32 bits per heavy atom. The van der Waals surface area contributed by atoms with Gasteiger partial charge in [-0.3, -0.25) is 0 Å². The number of ether oxygens (including phenoxy) is 2. The predicted octanol–water partition coefficient (Wildman–Crippen LogP) is 3.03. The Balaban J connectivity index is 1.82. The van der Waals surface area contributed by atoms with Crippen LogP contribution in [0.1, 0.15) is 18.6 Å². The molecule has 0 saturated heterocycles. The molecule has 4 heteroatoms. The Kier molecular flexibility index (Phi) is 3.23. The van der Waals surface area contributed by atoms with Crippen molar-refractivity contribution in [3.63, 3.8) is 0 Å². The average molecular weight is 256 g/mol. The van der Waals surface area contributed by atoms with E-state index in [4.69, 9.17) is 9.47 Å². The number of hydrogen-bond acceptors (Lipinski definition) is 4. The zero-order valence-electron chi connectivity index (χ0n) is 10.8. The van der Waals surface area contributed by atoms with E-state index in [-0.39, 0.29) is 6.10 Å². The van der Waals surface area contributed by atoms with Crippen LogP contribution in [0.15, 0.2) is 42.6 Å². The van der Waals surface area contributed by atoms with Gasteiger partial charge >= 0.3 is 0 Å². The van der Waals surface area contributed by atoms with Gasteiger partial charge in [0.1, 0.15) is 11.9 Å². The van der Waals surface area contributed by atoms with E-state index in [2.05, 4.69) is 16.4 Å². The van der Waals surface area contributed by atoms with Gasteiger partial charge < -0.3 is 14.8 Å². The highest BCUT2D eigenvalue weighted by Crippen LogP contribution is 2.32. The van der Waals surface area contributed by atoms with E-state index < -0.39 is 0 Å². The number of hydrogen-bond donors (Lipinski definition) is 1. The molecule has 0 aliphatic carbocycles. The van der Waals surface area contributed by atoms with E-state index in [1.165, 1.54) is 0 Å². The molecule has 1 aliphatic heterocycles. The largest absolute Gasteiger partial charge is 0.494 e. The van der Waals surface area contributed by atoms with Crippen molar-refractivity contribution in [3.8, 4) is 11.5 Å². The molecule has 4 nitrogen and oxygen atoms in total. The van der Waals surface area contributed by atoms with Gasteiger partial charge in [0.05, 0.1) is 13.2 Å².